The molecule has 0 aromatic heterocycles. The summed E-state index contributed by atoms with van der Waals surface area (Å²) in [5, 5.41) is 3.13. The molecule has 1 N–H and O–H groups in total. The van der Waals surface area contributed by atoms with Gasteiger partial charge in [-0.05, 0) is 42.8 Å². The lowest BCUT2D eigenvalue weighted by molar-refractivity contribution is -0.116. The van der Waals surface area contributed by atoms with E-state index in [1.807, 2.05) is 0 Å². The van der Waals surface area contributed by atoms with Gasteiger partial charge in [-0.25, -0.2) is 8.42 Å². The zero-order valence-corrected chi connectivity index (χ0v) is 16.4. The third-order valence-corrected chi connectivity index (χ3v) is 5.90. The molecule has 1 amide bonds. The van der Waals surface area contributed by atoms with Crippen LogP contribution in [0, 0.1) is 6.92 Å². The van der Waals surface area contributed by atoms with Crippen LogP contribution in [0.25, 0.3) is 0 Å². The van der Waals surface area contributed by atoms with Gasteiger partial charge in [0, 0.05) is 17.3 Å². The maximum Gasteiger partial charge on any atom is 0.247 e. The summed E-state index contributed by atoms with van der Waals surface area (Å²) < 4.78 is 32.2. The van der Waals surface area contributed by atoms with E-state index in [9.17, 15) is 13.2 Å². The van der Waals surface area contributed by atoms with Gasteiger partial charge in [0.25, 0.3) is 0 Å². The monoisotopic (exact) mass is 396 g/mol. The lowest BCUT2D eigenvalue weighted by Crippen LogP contribution is -2.38. The number of ether oxygens (including phenoxy) is 1. The van der Waals surface area contributed by atoms with E-state index in [1.165, 1.54) is 13.2 Å². The van der Waals surface area contributed by atoms with E-state index in [1.54, 1.807) is 50.2 Å². The lowest BCUT2D eigenvalue weighted by atomic mass is 10.2. The first-order valence-electron chi connectivity index (χ1n) is 7.98. The molecule has 0 radical (unpaired) electrons. The Morgan fingerprint density at radius 2 is 1.96 bits per heavy atom. The van der Waals surface area contributed by atoms with Crippen LogP contribution in [0.1, 0.15) is 12.5 Å². The molecule has 0 saturated heterocycles. The van der Waals surface area contributed by atoms with E-state index in [4.69, 9.17) is 16.3 Å². The standard InChI is InChI=1S/C18H21ClN2O4S/c1-4-21(12-18(22)20-15-7-5-6-14(19)11-15)26(23,24)17-10-13(2)8-9-16(17)25-3/h5-11H,4,12H2,1-3H3,(H,20,22). The molecular formula is C18H21ClN2O4S. The van der Waals surface area contributed by atoms with Crippen LogP contribution in [0.3, 0.4) is 0 Å². The van der Waals surface area contributed by atoms with E-state index in [2.05, 4.69) is 5.32 Å². The highest BCUT2D eigenvalue weighted by Gasteiger charge is 2.28. The van der Waals surface area contributed by atoms with Crippen LogP contribution < -0.4 is 10.1 Å². The third-order valence-electron chi connectivity index (χ3n) is 3.72. The molecule has 0 spiro atoms. The normalized spacial score (nSPS) is 11.4. The first-order valence-corrected chi connectivity index (χ1v) is 9.80. The van der Waals surface area contributed by atoms with Crippen molar-refractivity contribution in [2.75, 3.05) is 25.5 Å². The molecule has 0 aliphatic heterocycles. The van der Waals surface area contributed by atoms with Gasteiger partial charge < -0.3 is 10.1 Å². The topological polar surface area (TPSA) is 75.7 Å². The number of amides is 1. The number of hydrogen-bond donors (Lipinski definition) is 1. The second-order valence-corrected chi connectivity index (χ2v) is 7.99. The van der Waals surface area contributed by atoms with Gasteiger partial charge in [0.15, 0.2) is 0 Å². The van der Waals surface area contributed by atoms with Crippen molar-refractivity contribution >= 4 is 33.2 Å². The number of carbonyl (C=O) groups excluding carboxylic acids is 1. The Balaban J connectivity index is 2.24. The van der Waals surface area contributed by atoms with Crippen molar-refractivity contribution in [3.05, 3.63) is 53.1 Å². The Kier molecular flexibility index (Phi) is 6.63. The van der Waals surface area contributed by atoms with E-state index < -0.39 is 15.9 Å². The van der Waals surface area contributed by atoms with Crippen LogP contribution in [0.4, 0.5) is 5.69 Å². The van der Waals surface area contributed by atoms with Crippen molar-refractivity contribution in [1.29, 1.82) is 0 Å². The number of carbonyl (C=O) groups is 1. The number of nitrogens with zero attached hydrogens (tertiary/aromatic N) is 1. The fourth-order valence-corrected chi connectivity index (χ4v) is 4.25. The van der Waals surface area contributed by atoms with E-state index in [0.29, 0.717) is 10.7 Å². The van der Waals surface area contributed by atoms with Gasteiger partial charge >= 0.3 is 0 Å². The Bertz CT molecular complexity index is 900. The Morgan fingerprint density at radius 3 is 2.58 bits per heavy atom. The largest absolute Gasteiger partial charge is 0.495 e. The number of hydrogen-bond acceptors (Lipinski definition) is 4. The molecule has 0 heterocycles. The van der Waals surface area contributed by atoms with Crippen LogP contribution in [0.15, 0.2) is 47.4 Å². The molecule has 0 aliphatic rings. The molecule has 0 fully saturated rings. The number of benzene rings is 2. The van der Waals surface area contributed by atoms with Gasteiger partial charge in [0.2, 0.25) is 15.9 Å². The SMILES string of the molecule is CCN(CC(=O)Nc1cccc(Cl)c1)S(=O)(=O)c1cc(C)ccc1OC. The molecule has 2 rings (SSSR count). The molecule has 26 heavy (non-hydrogen) atoms. The van der Waals surface area contributed by atoms with Gasteiger partial charge in [-0.15, -0.1) is 0 Å². The van der Waals surface area contributed by atoms with Crippen molar-refractivity contribution < 1.29 is 17.9 Å². The minimum absolute atomic E-state index is 0.0393. The van der Waals surface area contributed by atoms with Crippen molar-refractivity contribution in [2.24, 2.45) is 0 Å². The first kappa shape index (κ1) is 20.2. The average molecular weight is 397 g/mol. The minimum Gasteiger partial charge on any atom is -0.495 e. The molecule has 140 valence electrons. The Labute approximate surface area is 158 Å². The molecule has 8 heteroatoms. The van der Waals surface area contributed by atoms with Crippen LogP contribution >= 0.6 is 11.6 Å². The smallest absolute Gasteiger partial charge is 0.247 e. The van der Waals surface area contributed by atoms with Crippen LogP contribution in [0.2, 0.25) is 5.02 Å². The van der Waals surface area contributed by atoms with Gasteiger partial charge in [0.05, 0.1) is 13.7 Å². The minimum atomic E-state index is -3.89. The van der Waals surface area contributed by atoms with Crippen LogP contribution in [-0.2, 0) is 14.8 Å². The number of nitrogens with one attached hydrogen (secondary N) is 1. The van der Waals surface area contributed by atoms with Gasteiger partial charge in [-0.1, -0.05) is 30.7 Å². The number of rotatable bonds is 7. The summed E-state index contributed by atoms with van der Waals surface area (Å²) in [5.74, 6) is -0.214. The van der Waals surface area contributed by atoms with Gasteiger partial charge in [-0.3, -0.25) is 4.79 Å². The summed E-state index contributed by atoms with van der Waals surface area (Å²) in [5.41, 5.74) is 1.29. The average Bonchev–Trinajstić information content (AvgIpc) is 2.59. The number of aryl methyl sites for hydroxylation is 1. The molecule has 0 bridgehead atoms. The summed E-state index contributed by atoms with van der Waals surface area (Å²) in [6.45, 7) is 3.29. The summed E-state index contributed by atoms with van der Waals surface area (Å²) in [6.07, 6.45) is 0. The maximum atomic E-state index is 13.0. The molecule has 0 saturated carbocycles. The second-order valence-electron chi connectivity index (χ2n) is 5.64. The van der Waals surface area contributed by atoms with Gasteiger partial charge in [-0.2, -0.15) is 4.31 Å². The summed E-state index contributed by atoms with van der Waals surface area (Å²) in [4.78, 5) is 12.3. The number of halogens is 1. The molecule has 2 aromatic carbocycles. The number of anilines is 1. The summed E-state index contributed by atoms with van der Waals surface area (Å²) >= 11 is 5.89. The highest BCUT2D eigenvalue weighted by atomic mass is 35.5. The number of methoxy groups -OCH3 is 1. The van der Waals surface area contributed by atoms with E-state index >= 15 is 0 Å². The zero-order valence-electron chi connectivity index (χ0n) is 14.8. The van der Waals surface area contributed by atoms with Crippen molar-refractivity contribution in [3.8, 4) is 5.75 Å². The quantitative estimate of drug-likeness (QED) is 0.779. The zero-order chi connectivity index (χ0) is 19.3. The Hall–Kier alpha value is -2.09. The first-order chi connectivity index (χ1) is 12.3. The van der Waals surface area contributed by atoms with E-state index in [-0.39, 0.29) is 23.7 Å². The maximum absolute atomic E-state index is 13.0. The van der Waals surface area contributed by atoms with Gasteiger partial charge in [0.1, 0.15) is 10.6 Å². The fourth-order valence-electron chi connectivity index (χ4n) is 2.42. The van der Waals surface area contributed by atoms with Crippen LogP contribution in [-0.4, -0.2) is 38.8 Å². The number of sulfonamides is 1. The van der Waals surface area contributed by atoms with Crippen molar-refractivity contribution in [3.63, 3.8) is 0 Å². The summed E-state index contributed by atoms with van der Waals surface area (Å²) in [7, 11) is -2.48. The number of likely N-dealkylation sites (N-methyl/N-ethyl adjacent to an activating group) is 1. The van der Waals surface area contributed by atoms with Crippen molar-refractivity contribution in [2.45, 2.75) is 18.7 Å². The molecular weight excluding hydrogens is 376 g/mol. The lowest BCUT2D eigenvalue weighted by Gasteiger charge is -2.21. The molecule has 0 atom stereocenters. The van der Waals surface area contributed by atoms with E-state index in [0.717, 1.165) is 9.87 Å². The highest BCUT2D eigenvalue weighted by molar-refractivity contribution is 7.89. The predicted molar refractivity (Wildman–Crippen MR) is 102 cm³/mol. The predicted octanol–water partition coefficient (Wildman–Crippen LogP) is 3.31. The fraction of sp³-hybridized carbons (Fsp3) is 0.278. The highest BCUT2D eigenvalue weighted by Crippen LogP contribution is 2.27. The summed E-state index contributed by atoms with van der Waals surface area (Å²) in [6, 6.07) is 11.5. The molecule has 0 aliphatic carbocycles. The Morgan fingerprint density at radius 1 is 1.23 bits per heavy atom. The van der Waals surface area contributed by atoms with Crippen molar-refractivity contribution in [1.82, 2.24) is 4.31 Å². The molecule has 6 nitrogen and oxygen atoms in total. The molecule has 0 unspecified atom stereocenters. The molecule has 2 aromatic rings. The van der Waals surface area contributed by atoms with Crippen LogP contribution in [0.5, 0.6) is 5.75 Å². The second kappa shape index (κ2) is 8.53. The third kappa shape index (κ3) is 4.75.